The summed E-state index contributed by atoms with van der Waals surface area (Å²) in [6.07, 6.45) is 6.23. The van der Waals surface area contributed by atoms with E-state index in [1.807, 2.05) is 24.3 Å². The molecule has 3 rings (SSSR count). The van der Waals surface area contributed by atoms with E-state index in [0.29, 0.717) is 17.6 Å². The standard InChI is InChI=1S/C16H17BrN4O/c17-11-4-3-7-13(8-11)21-16(22)14-9-15(19-10-18-14)20-12-5-1-2-6-12/h3-4,7-10,12H,1-2,5-6H2,(H,21,22)(H,18,19,20). The van der Waals surface area contributed by atoms with E-state index in [9.17, 15) is 4.79 Å². The summed E-state index contributed by atoms with van der Waals surface area (Å²) in [5.41, 5.74) is 1.08. The number of benzene rings is 1. The van der Waals surface area contributed by atoms with Crippen LogP contribution in [0.1, 0.15) is 36.2 Å². The number of rotatable bonds is 4. The highest BCUT2D eigenvalue weighted by Crippen LogP contribution is 2.21. The van der Waals surface area contributed by atoms with Gasteiger partial charge in [0.05, 0.1) is 0 Å². The van der Waals surface area contributed by atoms with Crippen LogP contribution in [0.3, 0.4) is 0 Å². The fraction of sp³-hybridized carbons (Fsp3) is 0.312. The molecule has 0 aliphatic heterocycles. The second-order valence-corrected chi connectivity index (χ2v) is 6.29. The van der Waals surface area contributed by atoms with E-state index in [0.717, 1.165) is 23.0 Å². The van der Waals surface area contributed by atoms with Crippen LogP contribution in [0.2, 0.25) is 0 Å². The monoisotopic (exact) mass is 360 g/mol. The van der Waals surface area contributed by atoms with Crippen LogP contribution in [0.4, 0.5) is 11.5 Å². The van der Waals surface area contributed by atoms with Crippen LogP contribution in [-0.4, -0.2) is 21.9 Å². The first-order chi connectivity index (χ1) is 10.7. The third-order valence-electron chi connectivity index (χ3n) is 3.69. The summed E-state index contributed by atoms with van der Waals surface area (Å²) in [6.45, 7) is 0. The van der Waals surface area contributed by atoms with E-state index in [4.69, 9.17) is 0 Å². The SMILES string of the molecule is O=C(Nc1cccc(Br)c1)c1cc(NC2CCCC2)ncn1. The maximum absolute atomic E-state index is 12.3. The van der Waals surface area contributed by atoms with Gasteiger partial charge in [-0.25, -0.2) is 9.97 Å². The Balaban J connectivity index is 1.69. The number of carbonyl (C=O) groups is 1. The van der Waals surface area contributed by atoms with Gasteiger partial charge < -0.3 is 10.6 Å². The largest absolute Gasteiger partial charge is 0.367 e. The van der Waals surface area contributed by atoms with Crippen molar-refractivity contribution in [3.8, 4) is 0 Å². The minimum absolute atomic E-state index is 0.241. The van der Waals surface area contributed by atoms with Crippen molar-refractivity contribution in [2.75, 3.05) is 10.6 Å². The summed E-state index contributed by atoms with van der Waals surface area (Å²) in [7, 11) is 0. The zero-order chi connectivity index (χ0) is 15.4. The van der Waals surface area contributed by atoms with Gasteiger partial charge in [0.2, 0.25) is 0 Å². The van der Waals surface area contributed by atoms with Crippen LogP contribution in [-0.2, 0) is 0 Å². The Labute approximate surface area is 137 Å². The smallest absolute Gasteiger partial charge is 0.274 e. The molecule has 0 spiro atoms. The molecule has 114 valence electrons. The Kier molecular flexibility index (Phi) is 4.68. The molecule has 1 aromatic carbocycles. The second kappa shape index (κ2) is 6.87. The molecule has 0 bridgehead atoms. The molecule has 1 amide bonds. The average Bonchev–Trinajstić information content (AvgIpc) is 3.00. The lowest BCUT2D eigenvalue weighted by Gasteiger charge is -2.12. The highest BCUT2D eigenvalue weighted by Gasteiger charge is 2.16. The zero-order valence-electron chi connectivity index (χ0n) is 12.1. The topological polar surface area (TPSA) is 66.9 Å². The summed E-state index contributed by atoms with van der Waals surface area (Å²) in [6, 6.07) is 9.61. The van der Waals surface area contributed by atoms with Crippen molar-refractivity contribution >= 4 is 33.3 Å². The number of nitrogens with zero attached hydrogens (tertiary/aromatic N) is 2. The summed E-state index contributed by atoms with van der Waals surface area (Å²) in [5.74, 6) is 0.469. The maximum Gasteiger partial charge on any atom is 0.274 e. The molecule has 22 heavy (non-hydrogen) atoms. The molecule has 1 aliphatic carbocycles. The summed E-state index contributed by atoms with van der Waals surface area (Å²) < 4.78 is 0.913. The van der Waals surface area contributed by atoms with E-state index < -0.39 is 0 Å². The molecule has 0 atom stereocenters. The van der Waals surface area contributed by atoms with E-state index in [1.54, 1.807) is 6.07 Å². The van der Waals surface area contributed by atoms with E-state index in [2.05, 4.69) is 36.5 Å². The van der Waals surface area contributed by atoms with E-state index >= 15 is 0 Å². The van der Waals surface area contributed by atoms with Gasteiger partial charge in [0.1, 0.15) is 17.8 Å². The third-order valence-corrected chi connectivity index (χ3v) is 4.18. The van der Waals surface area contributed by atoms with Crippen LogP contribution in [0.15, 0.2) is 41.1 Å². The number of carbonyl (C=O) groups excluding carboxylic acids is 1. The molecule has 5 nitrogen and oxygen atoms in total. The van der Waals surface area contributed by atoms with Gasteiger partial charge in [-0.2, -0.15) is 0 Å². The van der Waals surface area contributed by atoms with Crippen LogP contribution < -0.4 is 10.6 Å². The summed E-state index contributed by atoms with van der Waals surface area (Å²) >= 11 is 3.38. The Hall–Kier alpha value is -1.95. The van der Waals surface area contributed by atoms with Crippen molar-refractivity contribution in [1.29, 1.82) is 0 Å². The lowest BCUT2D eigenvalue weighted by Crippen LogP contribution is -2.18. The number of halogens is 1. The van der Waals surface area contributed by atoms with Crippen LogP contribution in [0.5, 0.6) is 0 Å². The molecule has 1 heterocycles. The van der Waals surface area contributed by atoms with Crippen molar-refractivity contribution in [2.45, 2.75) is 31.7 Å². The third kappa shape index (κ3) is 3.82. The summed E-state index contributed by atoms with van der Waals surface area (Å²) in [5, 5.41) is 6.20. The normalized spacial score (nSPS) is 14.8. The lowest BCUT2D eigenvalue weighted by atomic mass is 10.2. The molecular formula is C16H17BrN4O. The highest BCUT2D eigenvalue weighted by atomic mass is 79.9. The average molecular weight is 361 g/mol. The second-order valence-electron chi connectivity index (χ2n) is 5.38. The van der Waals surface area contributed by atoms with Gasteiger partial charge in [0, 0.05) is 22.3 Å². The molecule has 2 N–H and O–H groups in total. The maximum atomic E-state index is 12.3. The van der Waals surface area contributed by atoms with Gasteiger partial charge in [-0.3, -0.25) is 4.79 Å². The fourth-order valence-electron chi connectivity index (χ4n) is 2.60. The molecule has 0 unspecified atom stereocenters. The van der Waals surface area contributed by atoms with Gasteiger partial charge in [-0.15, -0.1) is 0 Å². The Morgan fingerprint density at radius 1 is 1.18 bits per heavy atom. The number of anilines is 2. The molecule has 0 radical (unpaired) electrons. The van der Waals surface area contributed by atoms with Crippen molar-refractivity contribution in [3.63, 3.8) is 0 Å². The first kappa shape index (κ1) is 15.0. The molecule has 6 heteroatoms. The number of amides is 1. The van der Waals surface area contributed by atoms with Gasteiger partial charge in [-0.1, -0.05) is 34.8 Å². The van der Waals surface area contributed by atoms with Crippen molar-refractivity contribution < 1.29 is 4.79 Å². The molecular weight excluding hydrogens is 344 g/mol. The zero-order valence-corrected chi connectivity index (χ0v) is 13.6. The molecule has 1 saturated carbocycles. The van der Waals surface area contributed by atoms with Gasteiger partial charge in [0.25, 0.3) is 5.91 Å². The first-order valence-corrected chi connectivity index (χ1v) is 8.15. The van der Waals surface area contributed by atoms with Crippen LogP contribution >= 0.6 is 15.9 Å². The quantitative estimate of drug-likeness (QED) is 0.868. The number of aromatic nitrogens is 2. The van der Waals surface area contributed by atoms with E-state index in [1.165, 1.54) is 19.2 Å². The Bertz CT molecular complexity index is 671. The lowest BCUT2D eigenvalue weighted by molar-refractivity contribution is 0.102. The van der Waals surface area contributed by atoms with E-state index in [-0.39, 0.29) is 5.91 Å². The predicted octanol–water partition coefficient (Wildman–Crippen LogP) is 3.85. The molecule has 2 aromatic rings. The minimum atomic E-state index is -0.241. The Morgan fingerprint density at radius 3 is 2.77 bits per heavy atom. The number of nitrogens with one attached hydrogen (secondary N) is 2. The molecule has 1 fully saturated rings. The first-order valence-electron chi connectivity index (χ1n) is 7.36. The van der Waals surface area contributed by atoms with Gasteiger partial charge in [0.15, 0.2) is 0 Å². The van der Waals surface area contributed by atoms with Gasteiger partial charge in [-0.05, 0) is 31.0 Å². The Morgan fingerprint density at radius 2 is 2.00 bits per heavy atom. The van der Waals surface area contributed by atoms with Crippen molar-refractivity contribution in [1.82, 2.24) is 9.97 Å². The van der Waals surface area contributed by atoms with Gasteiger partial charge >= 0.3 is 0 Å². The fourth-order valence-corrected chi connectivity index (χ4v) is 3.00. The molecule has 1 aliphatic rings. The minimum Gasteiger partial charge on any atom is -0.367 e. The van der Waals surface area contributed by atoms with Crippen LogP contribution in [0.25, 0.3) is 0 Å². The van der Waals surface area contributed by atoms with Crippen LogP contribution in [0, 0.1) is 0 Å². The van der Waals surface area contributed by atoms with Crippen molar-refractivity contribution in [2.24, 2.45) is 0 Å². The molecule has 0 saturated heterocycles. The molecule has 1 aromatic heterocycles. The predicted molar refractivity (Wildman–Crippen MR) is 90.0 cm³/mol. The number of hydrogen-bond donors (Lipinski definition) is 2. The summed E-state index contributed by atoms with van der Waals surface area (Å²) in [4.78, 5) is 20.5. The number of hydrogen-bond acceptors (Lipinski definition) is 4. The highest BCUT2D eigenvalue weighted by molar-refractivity contribution is 9.10. The van der Waals surface area contributed by atoms with Crippen molar-refractivity contribution in [3.05, 3.63) is 46.8 Å².